The number of aromatic nitrogens is 1. The lowest BCUT2D eigenvalue weighted by Gasteiger charge is -1.96. The molecular formula is C11H10N2S. The van der Waals surface area contributed by atoms with Crippen molar-refractivity contribution in [2.75, 3.05) is 5.75 Å². The molecule has 0 aliphatic carbocycles. The molecule has 0 unspecified atom stereocenters. The van der Waals surface area contributed by atoms with E-state index in [1.165, 1.54) is 16.5 Å². The van der Waals surface area contributed by atoms with Crippen LogP contribution in [0.25, 0.3) is 10.9 Å². The Bertz CT molecular complexity index is 493. The van der Waals surface area contributed by atoms with E-state index in [0.717, 1.165) is 4.90 Å². The highest BCUT2D eigenvalue weighted by atomic mass is 32.2. The number of aryl methyl sites for hydroxylation is 1. The van der Waals surface area contributed by atoms with Gasteiger partial charge in [-0.25, -0.2) is 0 Å². The van der Waals surface area contributed by atoms with Crippen molar-refractivity contribution in [2.24, 2.45) is 0 Å². The molecule has 0 aliphatic rings. The molecule has 0 fully saturated rings. The molecule has 2 nitrogen and oxygen atoms in total. The highest BCUT2D eigenvalue weighted by molar-refractivity contribution is 7.99. The zero-order chi connectivity index (χ0) is 9.97. The number of benzene rings is 1. The fourth-order valence-electron chi connectivity index (χ4n) is 1.51. The van der Waals surface area contributed by atoms with Crippen molar-refractivity contribution in [1.82, 2.24) is 4.98 Å². The molecule has 3 heteroatoms. The topological polar surface area (TPSA) is 39.6 Å². The summed E-state index contributed by atoms with van der Waals surface area (Å²) in [5.41, 5.74) is 2.42. The fourth-order valence-corrected chi connectivity index (χ4v) is 2.20. The van der Waals surface area contributed by atoms with E-state index >= 15 is 0 Å². The molecule has 1 aromatic heterocycles. The molecule has 0 saturated carbocycles. The lowest BCUT2D eigenvalue weighted by atomic mass is 10.2. The summed E-state index contributed by atoms with van der Waals surface area (Å²) in [4.78, 5) is 4.39. The van der Waals surface area contributed by atoms with Crippen LogP contribution < -0.4 is 0 Å². The first-order valence-corrected chi connectivity index (χ1v) is 5.38. The highest BCUT2D eigenvalue weighted by Crippen LogP contribution is 2.28. The second kappa shape index (κ2) is 3.77. The molecule has 0 bridgehead atoms. The predicted octanol–water partition coefficient (Wildman–Crippen LogP) is 3.09. The van der Waals surface area contributed by atoms with E-state index in [-0.39, 0.29) is 0 Å². The number of rotatable bonds is 2. The highest BCUT2D eigenvalue weighted by Gasteiger charge is 2.04. The summed E-state index contributed by atoms with van der Waals surface area (Å²) in [5.74, 6) is 0.501. The maximum absolute atomic E-state index is 8.51. The minimum atomic E-state index is 0.501. The fraction of sp³-hybridized carbons (Fsp3) is 0.182. The minimum Gasteiger partial charge on any atom is -0.360 e. The summed E-state index contributed by atoms with van der Waals surface area (Å²) in [5, 5.41) is 9.72. The van der Waals surface area contributed by atoms with E-state index in [0.29, 0.717) is 5.75 Å². The lowest BCUT2D eigenvalue weighted by Crippen LogP contribution is -1.75. The second-order valence-corrected chi connectivity index (χ2v) is 4.11. The van der Waals surface area contributed by atoms with Crippen molar-refractivity contribution in [3.63, 3.8) is 0 Å². The third-order valence-corrected chi connectivity index (χ3v) is 3.10. The van der Waals surface area contributed by atoms with Crippen molar-refractivity contribution in [3.05, 3.63) is 30.0 Å². The SMILES string of the molecule is Cc1cccc2c(SCC#N)c[nH]c12. The van der Waals surface area contributed by atoms with Gasteiger partial charge in [0.2, 0.25) is 0 Å². The molecule has 2 aromatic rings. The zero-order valence-electron chi connectivity index (χ0n) is 7.87. The Morgan fingerprint density at radius 1 is 1.50 bits per heavy atom. The number of H-pyrrole nitrogens is 1. The molecule has 0 saturated heterocycles. The zero-order valence-corrected chi connectivity index (χ0v) is 8.69. The molecule has 70 valence electrons. The van der Waals surface area contributed by atoms with E-state index in [1.807, 2.05) is 12.3 Å². The molecule has 0 aliphatic heterocycles. The molecule has 1 heterocycles. The molecular weight excluding hydrogens is 192 g/mol. The first-order chi connectivity index (χ1) is 6.83. The quantitative estimate of drug-likeness (QED) is 0.760. The van der Waals surface area contributed by atoms with Crippen LogP contribution in [0.3, 0.4) is 0 Å². The van der Waals surface area contributed by atoms with Crippen molar-refractivity contribution < 1.29 is 0 Å². The molecule has 0 atom stereocenters. The maximum atomic E-state index is 8.51. The summed E-state index contributed by atoms with van der Waals surface area (Å²) in [6.45, 7) is 2.08. The van der Waals surface area contributed by atoms with Crippen LogP contribution in [-0.4, -0.2) is 10.7 Å². The van der Waals surface area contributed by atoms with Crippen molar-refractivity contribution >= 4 is 22.7 Å². The second-order valence-electron chi connectivity index (χ2n) is 3.10. The Kier molecular flexibility index (Phi) is 2.47. The van der Waals surface area contributed by atoms with Gasteiger partial charge in [-0.2, -0.15) is 5.26 Å². The van der Waals surface area contributed by atoms with Crippen LogP contribution in [0, 0.1) is 18.3 Å². The summed E-state index contributed by atoms with van der Waals surface area (Å²) in [6.07, 6.45) is 1.97. The standard InChI is InChI=1S/C11H10N2S/c1-8-3-2-4-9-10(14-6-5-12)7-13-11(8)9/h2-4,7,13H,6H2,1H3. The number of aromatic amines is 1. The predicted molar refractivity (Wildman–Crippen MR) is 59.4 cm³/mol. The van der Waals surface area contributed by atoms with Crippen molar-refractivity contribution in [1.29, 1.82) is 5.26 Å². The number of para-hydroxylation sites is 1. The van der Waals surface area contributed by atoms with Gasteiger partial charge in [-0.05, 0) is 12.5 Å². The molecule has 2 rings (SSSR count). The normalized spacial score (nSPS) is 10.3. The van der Waals surface area contributed by atoms with E-state index in [9.17, 15) is 0 Å². The number of nitriles is 1. The summed E-state index contributed by atoms with van der Waals surface area (Å²) >= 11 is 1.57. The van der Waals surface area contributed by atoms with E-state index < -0.39 is 0 Å². The molecule has 0 amide bonds. The van der Waals surface area contributed by atoms with Gasteiger partial charge in [-0.1, -0.05) is 18.2 Å². The lowest BCUT2D eigenvalue weighted by molar-refractivity contribution is 1.39. The van der Waals surface area contributed by atoms with Gasteiger partial charge in [-0.3, -0.25) is 0 Å². The molecule has 1 aromatic carbocycles. The van der Waals surface area contributed by atoms with Gasteiger partial charge in [-0.15, -0.1) is 11.8 Å². The van der Waals surface area contributed by atoms with Gasteiger partial charge >= 0.3 is 0 Å². The number of hydrogen-bond donors (Lipinski definition) is 1. The van der Waals surface area contributed by atoms with Gasteiger partial charge in [0.15, 0.2) is 0 Å². The third-order valence-electron chi connectivity index (χ3n) is 2.18. The van der Waals surface area contributed by atoms with Gasteiger partial charge < -0.3 is 4.98 Å². The smallest absolute Gasteiger partial charge is 0.0856 e. The van der Waals surface area contributed by atoms with E-state index in [1.54, 1.807) is 11.8 Å². The van der Waals surface area contributed by atoms with E-state index in [2.05, 4.69) is 30.1 Å². The third kappa shape index (κ3) is 1.49. The number of hydrogen-bond acceptors (Lipinski definition) is 2. The van der Waals surface area contributed by atoms with Gasteiger partial charge in [0, 0.05) is 22.0 Å². The minimum absolute atomic E-state index is 0.501. The number of nitrogens with zero attached hydrogens (tertiary/aromatic N) is 1. The van der Waals surface area contributed by atoms with Crippen LogP contribution in [-0.2, 0) is 0 Å². The van der Waals surface area contributed by atoms with E-state index in [4.69, 9.17) is 5.26 Å². The molecule has 0 spiro atoms. The Morgan fingerprint density at radius 2 is 2.36 bits per heavy atom. The monoisotopic (exact) mass is 202 g/mol. The van der Waals surface area contributed by atoms with Crippen LogP contribution >= 0.6 is 11.8 Å². The first kappa shape index (κ1) is 9.17. The van der Waals surface area contributed by atoms with Gasteiger partial charge in [0.25, 0.3) is 0 Å². The van der Waals surface area contributed by atoms with Crippen molar-refractivity contribution in [3.8, 4) is 6.07 Å². The Balaban J connectivity index is 2.48. The average molecular weight is 202 g/mol. The average Bonchev–Trinajstić information content (AvgIpc) is 2.60. The van der Waals surface area contributed by atoms with Gasteiger partial charge in [0.1, 0.15) is 0 Å². The Morgan fingerprint density at radius 3 is 3.14 bits per heavy atom. The number of thioether (sulfide) groups is 1. The molecule has 1 N–H and O–H groups in total. The summed E-state index contributed by atoms with van der Waals surface area (Å²) in [7, 11) is 0. The Labute approximate surface area is 86.9 Å². The number of nitrogens with one attached hydrogen (secondary N) is 1. The first-order valence-electron chi connectivity index (χ1n) is 4.39. The van der Waals surface area contributed by atoms with Crippen LogP contribution in [0.1, 0.15) is 5.56 Å². The molecule has 14 heavy (non-hydrogen) atoms. The van der Waals surface area contributed by atoms with Gasteiger partial charge in [0.05, 0.1) is 11.8 Å². The summed E-state index contributed by atoms with van der Waals surface area (Å²) in [6, 6.07) is 8.34. The van der Waals surface area contributed by atoms with Crippen LogP contribution in [0.4, 0.5) is 0 Å². The molecule has 0 radical (unpaired) electrons. The number of fused-ring (bicyclic) bond motifs is 1. The maximum Gasteiger partial charge on any atom is 0.0856 e. The van der Waals surface area contributed by atoms with Crippen LogP contribution in [0.5, 0.6) is 0 Å². The van der Waals surface area contributed by atoms with Crippen molar-refractivity contribution in [2.45, 2.75) is 11.8 Å². The Hall–Kier alpha value is -1.40. The largest absolute Gasteiger partial charge is 0.360 e. The van der Waals surface area contributed by atoms with Crippen LogP contribution in [0.15, 0.2) is 29.3 Å². The summed E-state index contributed by atoms with van der Waals surface area (Å²) < 4.78 is 0. The van der Waals surface area contributed by atoms with Crippen LogP contribution in [0.2, 0.25) is 0 Å².